The van der Waals surface area contributed by atoms with Gasteiger partial charge in [-0.1, -0.05) is 24.8 Å². The van der Waals surface area contributed by atoms with Gasteiger partial charge in [0, 0.05) is 4.91 Å². The van der Waals surface area contributed by atoms with Gasteiger partial charge < -0.3 is 0 Å². The Bertz CT molecular complexity index is 278. The van der Waals surface area contributed by atoms with Gasteiger partial charge in [-0.05, 0) is 36.4 Å². The average Bonchev–Trinajstić information content (AvgIpc) is 2.10. The Kier molecular flexibility index (Phi) is 5.45. The molecule has 0 radical (unpaired) electrons. The van der Waals surface area contributed by atoms with Crippen molar-refractivity contribution in [1.29, 1.82) is 0 Å². The van der Waals surface area contributed by atoms with Crippen LogP contribution in [-0.4, -0.2) is 10.6 Å². The molecule has 0 N–H and O–H groups in total. The van der Waals surface area contributed by atoms with Gasteiger partial charge in [0.25, 0.3) is 0 Å². The molecule has 0 unspecified atom stereocenters. The first-order valence-corrected chi connectivity index (χ1v) is 5.03. The Labute approximate surface area is 94.7 Å². The van der Waals surface area contributed by atoms with E-state index in [1.54, 1.807) is 0 Å². The quantitative estimate of drug-likeness (QED) is 0.389. The van der Waals surface area contributed by atoms with Crippen molar-refractivity contribution in [1.82, 2.24) is 0 Å². The third-order valence-corrected chi connectivity index (χ3v) is 2.73. The molecule has 0 spiro atoms. The summed E-state index contributed by atoms with van der Waals surface area (Å²) in [7, 11) is 0. The summed E-state index contributed by atoms with van der Waals surface area (Å²) < 4.78 is 50.0. The molecule has 0 saturated heterocycles. The fourth-order valence-electron chi connectivity index (χ4n) is 0.558. The van der Waals surface area contributed by atoms with Crippen molar-refractivity contribution in [3.8, 4) is 0 Å². The lowest BCUT2D eigenvalue weighted by Crippen LogP contribution is -2.31. The maximum atomic E-state index is 12.8. The maximum Gasteiger partial charge on any atom is 0.394 e. The zero-order chi connectivity index (χ0) is 12.1. The van der Waals surface area contributed by atoms with Gasteiger partial charge in [0.05, 0.1) is 0 Å². The molecule has 0 bridgehead atoms. The van der Waals surface area contributed by atoms with Crippen molar-refractivity contribution >= 4 is 23.4 Å². The van der Waals surface area contributed by atoms with Crippen LogP contribution in [-0.2, 0) is 0 Å². The first-order chi connectivity index (χ1) is 6.74. The standard InChI is InChI=1S/C9H9ClF4S/c1-3-5-6-7(4-2)15-9(13,14)8(10,11)12/h3-6H,1H2,2H3/b6-5-,7-4+. The van der Waals surface area contributed by atoms with E-state index in [1.807, 2.05) is 0 Å². The molecule has 6 heteroatoms. The molecular weight excluding hydrogens is 252 g/mol. The van der Waals surface area contributed by atoms with Gasteiger partial charge in [0.1, 0.15) is 0 Å². The lowest BCUT2D eigenvalue weighted by atomic mass is 10.4. The highest BCUT2D eigenvalue weighted by atomic mass is 35.5. The Balaban J connectivity index is 4.70. The second-order valence-electron chi connectivity index (χ2n) is 2.40. The molecule has 0 amide bonds. The van der Waals surface area contributed by atoms with Gasteiger partial charge in [-0.3, -0.25) is 0 Å². The summed E-state index contributed by atoms with van der Waals surface area (Å²) >= 11 is 3.99. The zero-order valence-electron chi connectivity index (χ0n) is 7.81. The molecule has 86 valence electrons. The number of alkyl halides is 5. The molecule has 15 heavy (non-hydrogen) atoms. The SMILES string of the molecule is C=C/C=C\C(=C/C)SC(F)(F)C(F)(F)Cl. The Morgan fingerprint density at radius 3 is 2.20 bits per heavy atom. The van der Waals surface area contributed by atoms with Crippen LogP contribution in [0.5, 0.6) is 0 Å². The highest BCUT2D eigenvalue weighted by molar-refractivity contribution is 8.04. The van der Waals surface area contributed by atoms with Gasteiger partial charge in [-0.15, -0.1) is 0 Å². The van der Waals surface area contributed by atoms with Crippen molar-refractivity contribution in [3.05, 3.63) is 35.8 Å². The number of rotatable bonds is 5. The van der Waals surface area contributed by atoms with Crippen LogP contribution < -0.4 is 0 Å². The fourth-order valence-corrected chi connectivity index (χ4v) is 1.35. The van der Waals surface area contributed by atoms with Crippen molar-refractivity contribution in [3.63, 3.8) is 0 Å². The highest BCUT2D eigenvalue weighted by Gasteiger charge is 2.56. The van der Waals surface area contributed by atoms with E-state index < -0.39 is 10.6 Å². The molecule has 0 rings (SSSR count). The van der Waals surface area contributed by atoms with Crippen LogP contribution >= 0.6 is 23.4 Å². The molecule has 0 aromatic rings. The van der Waals surface area contributed by atoms with E-state index in [4.69, 9.17) is 0 Å². The monoisotopic (exact) mass is 260 g/mol. The van der Waals surface area contributed by atoms with E-state index >= 15 is 0 Å². The third-order valence-electron chi connectivity index (χ3n) is 1.26. The number of thioether (sulfide) groups is 1. The average molecular weight is 261 g/mol. The minimum absolute atomic E-state index is 0.0137. The molecular formula is C9H9ClF4S. The lowest BCUT2D eigenvalue weighted by Gasteiger charge is -2.20. The van der Waals surface area contributed by atoms with E-state index in [0.29, 0.717) is 0 Å². The van der Waals surface area contributed by atoms with E-state index in [-0.39, 0.29) is 16.7 Å². The fraction of sp³-hybridized carbons (Fsp3) is 0.333. The van der Waals surface area contributed by atoms with Gasteiger partial charge in [0.15, 0.2) is 0 Å². The first-order valence-electron chi connectivity index (χ1n) is 3.83. The van der Waals surface area contributed by atoms with Crippen LogP contribution in [0.2, 0.25) is 0 Å². The second-order valence-corrected chi connectivity index (χ2v) is 4.07. The molecule has 0 heterocycles. The van der Waals surface area contributed by atoms with Crippen molar-refractivity contribution in [2.75, 3.05) is 0 Å². The Morgan fingerprint density at radius 1 is 1.33 bits per heavy atom. The van der Waals surface area contributed by atoms with Crippen molar-refractivity contribution < 1.29 is 17.6 Å². The van der Waals surface area contributed by atoms with Crippen molar-refractivity contribution in [2.24, 2.45) is 0 Å². The summed E-state index contributed by atoms with van der Waals surface area (Å²) in [5.41, 5.74) is 0. The summed E-state index contributed by atoms with van der Waals surface area (Å²) in [5, 5.41) is -8.92. The molecule has 0 saturated carbocycles. The number of halogens is 5. The van der Waals surface area contributed by atoms with E-state index in [1.165, 1.54) is 31.2 Å². The Morgan fingerprint density at radius 2 is 1.87 bits per heavy atom. The lowest BCUT2D eigenvalue weighted by molar-refractivity contribution is -0.0893. The molecule has 0 aromatic carbocycles. The van der Waals surface area contributed by atoms with Crippen LogP contribution in [0.25, 0.3) is 0 Å². The molecule has 0 atom stereocenters. The largest absolute Gasteiger partial charge is 0.394 e. The van der Waals surface area contributed by atoms with Gasteiger partial charge in [-0.2, -0.15) is 17.6 Å². The number of hydrogen-bond donors (Lipinski definition) is 0. The highest BCUT2D eigenvalue weighted by Crippen LogP contribution is 2.48. The molecule has 0 aliphatic rings. The molecule has 0 aromatic heterocycles. The normalized spacial score (nSPS) is 14.7. The third kappa shape index (κ3) is 4.75. The summed E-state index contributed by atoms with van der Waals surface area (Å²) in [4.78, 5) is -0.0137. The predicted octanol–water partition coefficient (Wildman–Crippen LogP) is 4.79. The predicted molar refractivity (Wildman–Crippen MR) is 56.4 cm³/mol. The van der Waals surface area contributed by atoms with Crippen LogP contribution in [0.3, 0.4) is 0 Å². The topological polar surface area (TPSA) is 0 Å². The van der Waals surface area contributed by atoms with Crippen molar-refractivity contribution in [2.45, 2.75) is 17.6 Å². The second kappa shape index (κ2) is 5.61. The van der Waals surface area contributed by atoms with Crippen LogP contribution in [0.4, 0.5) is 17.6 Å². The molecule has 0 fully saturated rings. The zero-order valence-corrected chi connectivity index (χ0v) is 9.39. The molecule has 0 nitrogen and oxygen atoms in total. The minimum Gasteiger partial charge on any atom is -0.185 e. The summed E-state index contributed by atoms with van der Waals surface area (Å²) in [6.45, 7) is 4.78. The number of allylic oxidation sites excluding steroid dienone is 4. The van der Waals surface area contributed by atoms with Gasteiger partial charge >= 0.3 is 10.6 Å². The van der Waals surface area contributed by atoms with Gasteiger partial charge in [-0.25, -0.2) is 0 Å². The van der Waals surface area contributed by atoms with Gasteiger partial charge in [0.2, 0.25) is 0 Å². The maximum absolute atomic E-state index is 12.8. The minimum atomic E-state index is -4.58. The first kappa shape index (κ1) is 14.6. The summed E-state index contributed by atoms with van der Waals surface area (Å²) in [6, 6.07) is 0. The van der Waals surface area contributed by atoms with E-state index in [0.717, 1.165) is 0 Å². The van der Waals surface area contributed by atoms with E-state index in [2.05, 4.69) is 18.2 Å². The summed E-state index contributed by atoms with van der Waals surface area (Å²) in [6.07, 6.45) is 5.24. The smallest absolute Gasteiger partial charge is 0.185 e. The molecule has 0 aliphatic heterocycles. The van der Waals surface area contributed by atoms with Crippen LogP contribution in [0, 0.1) is 0 Å². The Hall–Kier alpha value is -0.420. The van der Waals surface area contributed by atoms with Crippen LogP contribution in [0.1, 0.15) is 6.92 Å². The van der Waals surface area contributed by atoms with E-state index in [9.17, 15) is 17.6 Å². The number of hydrogen-bond acceptors (Lipinski definition) is 1. The summed E-state index contributed by atoms with van der Waals surface area (Å²) in [5.74, 6) is 0. The molecule has 0 aliphatic carbocycles. The van der Waals surface area contributed by atoms with Crippen LogP contribution in [0.15, 0.2) is 35.8 Å².